The van der Waals surface area contributed by atoms with Gasteiger partial charge in [-0.2, -0.15) is 0 Å². The van der Waals surface area contributed by atoms with Crippen molar-refractivity contribution in [3.05, 3.63) is 11.6 Å². The molecule has 0 spiro atoms. The van der Waals surface area contributed by atoms with Gasteiger partial charge in [0.1, 0.15) is 6.10 Å². The topological polar surface area (TPSA) is 105 Å². The van der Waals surface area contributed by atoms with Crippen LogP contribution in [0.25, 0.3) is 0 Å². The summed E-state index contributed by atoms with van der Waals surface area (Å²) in [5, 5.41) is 32.1. The second-order valence-corrected chi connectivity index (χ2v) is 14.0. The number of cyclic esters (lactones) is 1. The Balaban J connectivity index is 1.15. The summed E-state index contributed by atoms with van der Waals surface area (Å²) in [6, 6.07) is 0. The quantitative estimate of drug-likeness (QED) is 0.0703. The number of hydrogen-bond acceptors (Lipinski definition) is 7. The number of aliphatic hydroxyl groups excluding tert-OH is 3. The Bertz CT molecular complexity index is 801. The Morgan fingerprint density at radius 2 is 1.16 bits per heavy atom. The number of hydrogen-bond donors (Lipinski definition) is 3. The molecule has 3 aliphatic heterocycles. The summed E-state index contributed by atoms with van der Waals surface area (Å²) in [7, 11) is 0. The van der Waals surface area contributed by atoms with Gasteiger partial charge in [-0.05, 0) is 77.2 Å². The van der Waals surface area contributed by atoms with Gasteiger partial charge in [0, 0.05) is 5.57 Å². The highest BCUT2D eigenvalue weighted by Gasteiger charge is 2.36. The van der Waals surface area contributed by atoms with E-state index in [1.165, 1.54) is 70.6 Å². The lowest BCUT2D eigenvalue weighted by molar-refractivity contribution is -0.139. The largest absolute Gasteiger partial charge is 0.455 e. The summed E-state index contributed by atoms with van der Waals surface area (Å²) in [5.41, 5.74) is 0.852. The molecule has 2 fully saturated rings. The number of carbonyl (C=O) groups is 1. The van der Waals surface area contributed by atoms with E-state index in [-0.39, 0.29) is 36.5 Å². The predicted octanol–water partition coefficient (Wildman–Crippen LogP) is 7.86. The van der Waals surface area contributed by atoms with Crippen molar-refractivity contribution in [3.63, 3.8) is 0 Å². The maximum atomic E-state index is 11.7. The highest BCUT2D eigenvalue weighted by molar-refractivity contribution is 5.90. The lowest BCUT2D eigenvalue weighted by Gasteiger charge is -2.24. The monoisotopic (exact) mass is 622 g/mol. The SMILES string of the molecule is CCCCCCCCCC[C@@H](O)[C@H]1CC[C@H]([C@H](O)CC[C@H](O)[C@@H]2CC[C@@H](CCCCCCCCCC3=C[C@H](C)OC3=O)O2)O1. The molecular weight excluding hydrogens is 556 g/mol. The molecule has 3 aliphatic rings. The van der Waals surface area contributed by atoms with Crippen molar-refractivity contribution in [2.75, 3.05) is 0 Å². The van der Waals surface area contributed by atoms with Crippen molar-refractivity contribution in [2.45, 2.75) is 217 Å². The van der Waals surface area contributed by atoms with Crippen LogP contribution in [0.1, 0.15) is 168 Å². The van der Waals surface area contributed by atoms with Crippen LogP contribution in [0.3, 0.4) is 0 Å². The summed E-state index contributed by atoms with van der Waals surface area (Å²) in [6.07, 6.45) is 25.4. The van der Waals surface area contributed by atoms with Gasteiger partial charge in [-0.25, -0.2) is 4.79 Å². The van der Waals surface area contributed by atoms with Gasteiger partial charge >= 0.3 is 5.97 Å². The number of ether oxygens (including phenoxy) is 3. The molecule has 8 atom stereocenters. The first-order valence-corrected chi connectivity index (χ1v) is 18.6. The molecule has 7 nitrogen and oxygen atoms in total. The second kappa shape index (κ2) is 21.7. The molecular formula is C37H66O7. The summed E-state index contributed by atoms with van der Waals surface area (Å²) in [5.74, 6) is -0.133. The summed E-state index contributed by atoms with van der Waals surface area (Å²) >= 11 is 0. The normalized spacial score (nSPS) is 27.4. The number of aliphatic hydroxyl groups is 3. The zero-order valence-corrected chi connectivity index (χ0v) is 28.1. The standard InChI is InChI=1S/C37H66O7/c1-3-4-5-6-7-11-14-17-20-31(38)35-25-26-36(44-35)33(40)23-22-32(39)34-24-21-30(43-34)19-16-13-10-8-9-12-15-18-29-27-28(2)42-37(29)41/h27-28,30-36,38-40H,3-26H2,1-2H3/t28-,30+,31+,32-,33+,34-,35+,36+/m0/s1. The van der Waals surface area contributed by atoms with E-state index in [2.05, 4.69) is 6.92 Å². The van der Waals surface area contributed by atoms with Gasteiger partial charge in [-0.1, -0.05) is 96.8 Å². The van der Waals surface area contributed by atoms with Gasteiger partial charge in [0.05, 0.1) is 42.7 Å². The molecule has 0 radical (unpaired) electrons. The fraction of sp³-hybridized carbons (Fsp3) is 0.919. The van der Waals surface area contributed by atoms with Gasteiger partial charge in [0.15, 0.2) is 0 Å². The van der Waals surface area contributed by atoms with Crippen LogP contribution in [0, 0.1) is 0 Å². The zero-order chi connectivity index (χ0) is 31.6. The number of unbranched alkanes of at least 4 members (excludes halogenated alkanes) is 13. The third-order valence-corrected chi connectivity index (χ3v) is 10.1. The molecule has 0 saturated carbocycles. The van der Waals surface area contributed by atoms with E-state index in [4.69, 9.17) is 14.2 Å². The van der Waals surface area contributed by atoms with Crippen molar-refractivity contribution in [3.8, 4) is 0 Å². The number of esters is 1. The van der Waals surface area contributed by atoms with E-state index in [0.717, 1.165) is 76.2 Å². The van der Waals surface area contributed by atoms with E-state index in [1.54, 1.807) is 0 Å². The maximum Gasteiger partial charge on any atom is 0.334 e. The Kier molecular flexibility index (Phi) is 18.5. The summed E-state index contributed by atoms with van der Waals surface area (Å²) in [6.45, 7) is 4.15. The van der Waals surface area contributed by atoms with Gasteiger partial charge < -0.3 is 29.5 Å². The molecule has 44 heavy (non-hydrogen) atoms. The van der Waals surface area contributed by atoms with Crippen molar-refractivity contribution in [2.24, 2.45) is 0 Å². The first-order valence-electron chi connectivity index (χ1n) is 18.6. The molecule has 0 unspecified atom stereocenters. The molecule has 256 valence electrons. The van der Waals surface area contributed by atoms with Crippen molar-refractivity contribution in [1.82, 2.24) is 0 Å². The van der Waals surface area contributed by atoms with E-state index in [1.807, 2.05) is 13.0 Å². The van der Waals surface area contributed by atoms with Crippen molar-refractivity contribution in [1.29, 1.82) is 0 Å². The van der Waals surface area contributed by atoms with Gasteiger partial charge in [-0.15, -0.1) is 0 Å². The second-order valence-electron chi connectivity index (χ2n) is 14.0. The van der Waals surface area contributed by atoms with E-state index < -0.39 is 18.3 Å². The molecule has 0 aromatic rings. The average molecular weight is 623 g/mol. The minimum absolute atomic E-state index is 0.0617. The van der Waals surface area contributed by atoms with Gasteiger partial charge in [0.25, 0.3) is 0 Å². The first kappa shape index (κ1) is 37.5. The Hall–Kier alpha value is -0.990. The fourth-order valence-corrected chi connectivity index (χ4v) is 7.26. The average Bonchev–Trinajstić information content (AvgIpc) is 3.76. The number of rotatable bonds is 25. The van der Waals surface area contributed by atoms with Crippen LogP contribution in [0.2, 0.25) is 0 Å². The molecule has 3 N–H and O–H groups in total. The Labute approximate surface area is 268 Å². The highest BCUT2D eigenvalue weighted by Crippen LogP contribution is 2.31. The molecule has 3 heterocycles. The van der Waals surface area contributed by atoms with Crippen LogP contribution >= 0.6 is 0 Å². The molecule has 0 aliphatic carbocycles. The fourth-order valence-electron chi connectivity index (χ4n) is 7.26. The van der Waals surface area contributed by atoms with E-state index >= 15 is 0 Å². The van der Waals surface area contributed by atoms with Crippen LogP contribution in [0.5, 0.6) is 0 Å². The summed E-state index contributed by atoms with van der Waals surface area (Å²) < 4.78 is 17.4. The third kappa shape index (κ3) is 14.2. The minimum Gasteiger partial charge on any atom is -0.455 e. The van der Waals surface area contributed by atoms with Crippen LogP contribution in [-0.2, 0) is 19.0 Å². The molecule has 2 saturated heterocycles. The summed E-state index contributed by atoms with van der Waals surface area (Å²) in [4.78, 5) is 11.7. The Morgan fingerprint density at radius 3 is 1.75 bits per heavy atom. The minimum atomic E-state index is -0.609. The Morgan fingerprint density at radius 1 is 0.659 bits per heavy atom. The number of carbonyl (C=O) groups excluding carboxylic acids is 1. The van der Waals surface area contributed by atoms with Crippen LogP contribution < -0.4 is 0 Å². The van der Waals surface area contributed by atoms with Crippen molar-refractivity contribution < 1.29 is 34.3 Å². The molecule has 3 rings (SSSR count). The van der Waals surface area contributed by atoms with Crippen LogP contribution in [0.4, 0.5) is 0 Å². The highest BCUT2D eigenvalue weighted by atomic mass is 16.5. The van der Waals surface area contributed by atoms with Crippen LogP contribution in [0.15, 0.2) is 11.6 Å². The first-order chi connectivity index (χ1) is 21.4. The van der Waals surface area contributed by atoms with E-state index in [9.17, 15) is 20.1 Å². The maximum absolute atomic E-state index is 11.7. The molecule has 0 aromatic carbocycles. The lowest BCUT2D eigenvalue weighted by Crippen LogP contribution is -2.33. The molecule has 0 amide bonds. The van der Waals surface area contributed by atoms with E-state index in [0.29, 0.717) is 12.8 Å². The smallest absolute Gasteiger partial charge is 0.334 e. The van der Waals surface area contributed by atoms with Gasteiger partial charge in [0.2, 0.25) is 0 Å². The van der Waals surface area contributed by atoms with Crippen LogP contribution in [-0.4, -0.2) is 70.1 Å². The van der Waals surface area contributed by atoms with Crippen molar-refractivity contribution >= 4 is 5.97 Å². The third-order valence-electron chi connectivity index (χ3n) is 10.1. The molecule has 7 heteroatoms. The van der Waals surface area contributed by atoms with Gasteiger partial charge in [-0.3, -0.25) is 0 Å². The zero-order valence-electron chi connectivity index (χ0n) is 28.1. The molecule has 0 bridgehead atoms. The lowest BCUT2D eigenvalue weighted by atomic mass is 9.98. The molecule has 0 aromatic heterocycles. The predicted molar refractivity (Wildman–Crippen MR) is 175 cm³/mol.